The lowest BCUT2D eigenvalue weighted by Crippen LogP contribution is -2.21. The maximum absolute atomic E-state index is 13.8. The van der Waals surface area contributed by atoms with Gasteiger partial charge in [0, 0.05) is 17.8 Å². The second-order valence-corrected chi connectivity index (χ2v) is 4.32. The monoisotopic (exact) mass is 244 g/mol. The van der Waals surface area contributed by atoms with E-state index in [2.05, 4.69) is 5.32 Å². The molecular formula is C15H17FN2. The van der Waals surface area contributed by atoms with Crippen molar-refractivity contribution in [2.45, 2.75) is 13.0 Å². The van der Waals surface area contributed by atoms with Crippen LogP contribution in [0.5, 0.6) is 0 Å². The zero-order valence-electron chi connectivity index (χ0n) is 10.4. The summed E-state index contributed by atoms with van der Waals surface area (Å²) in [4.78, 5) is 0. The van der Waals surface area contributed by atoms with Gasteiger partial charge in [-0.1, -0.05) is 35.9 Å². The average Bonchev–Trinajstić information content (AvgIpc) is 2.40. The van der Waals surface area contributed by atoms with Gasteiger partial charge in [-0.3, -0.25) is 0 Å². The minimum absolute atomic E-state index is 0.215. The number of rotatable bonds is 4. The van der Waals surface area contributed by atoms with E-state index in [4.69, 9.17) is 5.73 Å². The lowest BCUT2D eigenvalue weighted by Gasteiger charge is -2.19. The van der Waals surface area contributed by atoms with Gasteiger partial charge in [0.15, 0.2) is 0 Å². The minimum Gasteiger partial charge on any atom is -0.377 e. The van der Waals surface area contributed by atoms with E-state index in [0.29, 0.717) is 12.1 Å². The number of para-hydroxylation sites is 1. The number of nitrogens with one attached hydrogen (secondary N) is 1. The standard InChI is InChI=1S/C15H17FN2/c1-11-7-8-14(16)13(9-11)15(10-17)18-12-5-3-2-4-6-12/h2-9,15,18H,10,17H2,1H3. The summed E-state index contributed by atoms with van der Waals surface area (Å²) < 4.78 is 13.8. The van der Waals surface area contributed by atoms with Gasteiger partial charge in [0.2, 0.25) is 0 Å². The molecule has 2 nitrogen and oxygen atoms in total. The van der Waals surface area contributed by atoms with E-state index >= 15 is 0 Å². The molecule has 0 heterocycles. The van der Waals surface area contributed by atoms with E-state index in [1.54, 1.807) is 6.07 Å². The van der Waals surface area contributed by atoms with Crippen LogP contribution in [0.1, 0.15) is 17.2 Å². The first kappa shape index (κ1) is 12.6. The average molecular weight is 244 g/mol. The lowest BCUT2D eigenvalue weighted by molar-refractivity contribution is 0.593. The van der Waals surface area contributed by atoms with Crippen LogP contribution in [0.2, 0.25) is 0 Å². The highest BCUT2D eigenvalue weighted by Crippen LogP contribution is 2.22. The second kappa shape index (κ2) is 5.65. The summed E-state index contributed by atoms with van der Waals surface area (Å²) in [5, 5.41) is 3.25. The Labute approximate surface area is 107 Å². The molecule has 0 aliphatic heterocycles. The molecule has 0 aliphatic rings. The summed E-state index contributed by atoms with van der Waals surface area (Å²) >= 11 is 0. The van der Waals surface area contributed by atoms with E-state index < -0.39 is 0 Å². The van der Waals surface area contributed by atoms with Crippen LogP contribution in [-0.2, 0) is 0 Å². The van der Waals surface area contributed by atoms with Gasteiger partial charge in [0.1, 0.15) is 5.82 Å². The fourth-order valence-electron chi connectivity index (χ4n) is 1.93. The minimum atomic E-state index is -0.223. The van der Waals surface area contributed by atoms with Crippen molar-refractivity contribution in [1.82, 2.24) is 0 Å². The number of nitrogens with two attached hydrogens (primary N) is 1. The van der Waals surface area contributed by atoms with Crippen molar-refractivity contribution in [3.05, 3.63) is 65.5 Å². The van der Waals surface area contributed by atoms with E-state index in [0.717, 1.165) is 11.3 Å². The molecule has 0 radical (unpaired) electrons. The molecule has 2 rings (SSSR count). The zero-order valence-corrected chi connectivity index (χ0v) is 10.4. The molecule has 2 aromatic carbocycles. The predicted octanol–water partition coefficient (Wildman–Crippen LogP) is 3.25. The molecule has 0 amide bonds. The van der Waals surface area contributed by atoms with E-state index in [1.807, 2.05) is 43.3 Å². The van der Waals surface area contributed by atoms with Crippen molar-refractivity contribution >= 4 is 5.69 Å². The molecule has 1 unspecified atom stereocenters. The summed E-state index contributed by atoms with van der Waals surface area (Å²) in [7, 11) is 0. The van der Waals surface area contributed by atoms with Crippen molar-refractivity contribution in [3.63, 3.8) is 0 Å². The first-order valence-corrected chi connectivity index (χ1v) is 5.98. The van der Waals surface area contributed by atoms with Crippen LogP contribution in [-0.4, -0.2) is 6.54 Å². The molecule has 0 saturated carbocycles. The summed E-state index contributed by atoms with van der Waals surface area (Å²) in [6.07, 6.45) is 0. The molecule has 0 fully saturated rings. The van der Waals surface area contributed by atoms with Crippen molar-refractivity contribution in [3.8, 4) is 0 Å². The SMILES string of the molecule is Cc1ccc(F)c(C(CN)Nc2ccccc2)c1. The largest absolute Gasteiger partial charge is 0.377 e. The molecule has 3 N–H and O–H groups in total. The predicted molar refractivity (Wildman–Crippen MR) is 73.0 cm³/mol. The van der Waals surface area contributed by atoms with Gasteiger partial charge in [-0.2, -0.15) is 0 Å². The fraction of sp³-hybridized carbons (Fsp3) is 0.200. The number of benzene rings is 2. The highest BCUT2D eigenvalue weighted by atomic mass is 19.1. The van der Waals surface area contributed by atoms with Crippen LogP contribution in [0, 0.1) is 12.7 Å². The maximum atomic E-state index is 13.8. The van der Waals surface area contributed by atoms with Crippen molar-refractivity contribution in [2.75, 3.05) is 11.9 Å². The van der Waals surface area contributed by atoms with Crippen LogP contribution in [0.15, 0.2) is 48.5 Å². The first-order chi connectivity index (χ1) is 8.70. The van der Waals surface area contributed by atoms with Crippen LogP contribution in [0.25, 0.3) is 0 Å². The Balaban J connectivity index is 2.26. The number of hydrogen-bond acceptors (Lipinski definition) is 2. The molecule has 0 spiro atoms. The Morgan fingerprint density at radius 2 is 1.89 bits per heavy atom. The Bertz CT molecular complexity index is 511. The van der Waals surface area contributed by atoms with Crippen LogP contribution < -0.4 is 11.1 Å². The van der Waals surface area contributed by atoms with Gasteiger partial charge in [-0.05, 0) is 25.1 Å². The Morgan fingerprint density at radius 3 is 2.56 bits per heavy atom. The molecule has 0 bridgehead atoms. The number of hydrogen-bond donors (Lipinski definition) is 2. The topological polar surface area (TPSA) is 38.0 Å². The van der Waals surface area contributed by atoms with Gasteiger partial charge < -0.3 is 11.1 Å². The van der Waals surface area contributed by atoms with Gasteiger partial charge in [0.25, 0.3) is 0 Å². The second-order valence-electron chi connectivity index (χ2n) is 4.32. The normalized spacial score (nSPS) is 12.2. The van der Waals surface area contributed by atoms with Crippen LogP contribution in [0.4, 0.5) is 10.1 Å². The number of halogens is 1. The third kappa shape index (κ3) is 2.87. The highest BCUT2D eigenvalue weighted by molar-refractivity contribution is 5.45. The van der Waals surface area contributed by atoms with E-state index in [1.165, 1.54) is 6.07 Å². The van der Waals surface area contributed by atoms with Crippen LogP contribution >= 0.6 is 0 Å². The smallest absolute Gasteiger partial charge is 0.128 e. The van der Waals surface area contributed by atoms with E-state index in [9.17, 15) is 4.39 Å². The molecule has 18 heavy (non-hydrogen) atoms. The summed E-state index contributed by atoms with van der Waals surface area (Å²) in [6.45, 7) is 2.29. The first-order valence-electron chi connectivity index (χ1n) is 5.98. The molecule has 0 aromatic heterocycles. The third-order valence-electron chi connectivity index (χ3n) is 2.88. The van der Waals surface area contributed by atoms with Gasteiger partial charge in [-0.25, -0.2) is 4.39 Å². The number of aryl methyl sites for hydroxylation is 1. The third-order valence-corrected chi connectivity index (χ3v) is 2.88. The van der Waals surface area contributed by atoms with Gasteiger partial charge in [0.05, 0.1) is 6.04 Å². The molecule has 2 aromatic rings. The van der Waals surface area contributed by atoms with E-state index in [-0.39, 0.29) is 11.9 Å². The zero-order chi connectivity index (χ0) is 13.0. The quantitative estimate of drug-likeness (QED) is 0.866. The Kier molecular flexibility index (Phi) is 3.95. The lowest BCUT2D eigenvalue weighted by atomic mass is 10.0. The molecule has 3 heteroatoms. The molecular weight excluding hydrogens is 227 g/mol. The van der Waals surface area contributed by atoms with Crippen molar-refractivity contribution in [1.29, 1.82) is 0 Å². The highest BCUT2D eigenvalue weighted by Gasteiger charge is 2.14. The fourth-order valence-corrected chi connectivity index (χ4v) is 1.93. The van der Waals surface area contributed by atoms with Gasteiger partial charge in [-0.15, -0.1) is 0 Å². The van der Waals surface area contributed by atoms with Crippen molar-refractivity contribution < 1.29 is 4.39 Å². The molecule has 0 saturated heterocycles. The molecule has 0 aliphatic carbocycles. The maximum Gasteiger partial charge on any atom is 0.128 e. The molecule has 1 atom stereocenters. The summed E-state index contributed by atoms with van der Waals surface area (Å²) in [5.41, 5.74) is 8.32. The van der Waals surface area contributed by atoms with Gasteiger partial charge >= 0.3 is 0 Å². The summed E-state index contributed by atoms with van der Waals surface area (Å²) in [6, 6.07) is 14.6. The Morgan fingerprint density at radius 1 is 1.17 bits per heavy atom. The van der Waals surface area contributed by atoms with Crippen molar-refractivity contribution in [2.24, 2.45) is 5.73 Å². The Hall–Kier alpha value is -1.87. The summed E-state index contributed by atoms with van der Waals surface area (Å²) in [5.74, 6) is -0.223. The number of anilines is 1. The molecule has 94 valence electrons. The van der Waals surface area contributed by atoms with Crippen LogP contribution in [0.3, 0.4) is 0 Å².